The van der Waals surface area contributed by atoms with Crippen molar-refractivity contribution in [2.24, 2.45) is 4.99 Å². The van der Waals surface area contributed by atoms with E-state index in [9.17, 15) is 0 Å². The van der Waals surface area contributed by atoms with Gasteiger partial charge in [0.05, 0.1) is 11.3 Å². The van der Waals surface area contributed by atoms with Crippen molar-refractivity contribution >= 4 is 11.5 Å². The van der Waals surface area contributed by atoms with E-state index in [2.05, 4.69) is 15.0 Å². The van der Waals surface area contributed by atoms with Crippen molar-refractivity contribution in [3.63, 3.8) is 0 Å². The van der Waals surface area contributed by atoms with Gasteiger partial charge >= 0.3 is 0 Å². The summed E-state index contributed by atoms with van der Waals surface area (Å²) in [4.78, 5) is 12.0. The molecule has 12 heavy (non-hydrogen) atoms. The molecule has 4 nitrogen and oxygen atoms in total. The molecule has 2 N–H and O–H groups in total. The number of anilines is 1. The van der Waals surface area contributed by atoms with E-state index in [1.54, 1.807) is 7.05 Å². The minimum absolute atomic E-state index is 0.491. The van der Waals surface area contributed by atoms with E-state index < -0.39 is 0 Å². The molecule has 0 unspecified atom stereocenters. The maximum Gasteiger partial charge on any atom is 0.136 e. The number of hydrogen-bond acceptors (Lipinski definition) is 4. The van der Waals surface area contributed by atoms with Gasteiger partial charge in [-0.25, -0.2) is 9.97 Å². The van der Waals surface area contributed by atoms with Crippen LogP contribution in [-0.4, -0.2) is 22.7 Å². The zero-order valence-corrected chi connectivity index (χ0v) is 7.50. The molecule has 0 radical (unpaired) electrons. The van der Waals surface area contributed by atoms with Crippen LogP contribution in [0.2, 0.25) is 0 Å². The normalized spacial score (nSPS) is 11.8. The quantitative estimate of drug-likeness (QED) is 0.624. The highest BCUT2D eigenvalue weighted by Crippen LogP contribution is 2.11. The fourth-order valence-corrected chi connectivity index (χ4v) is 1.05. The molecule has 0 fully saturated rings. The van der Waals surface area contributed by atoms with Crippen molar-refractivity contribution in [1.82, 2.24) is 9.97 Å². The van der Waals surface area contributed by atoms with Gasteiger partial charge < -0.3 is 5.73 Å². The van der Waals surface area contributed by atoms with Crippen LogP contribution < -0.4 is 5.73 Å². The van der Waals surface area contributed by atoms with Gasteiger partial charge in [-0.15, -0.1) is 0 Å². The minimum Gasteiger partial charge on any atom is -0.383 e. The first kappa shape index (κ1) is 8.64. The fourth-order valence-electron chi connectivity index (χ4n) is 1.05. The van der Waals surface area contributed by atoms with E-state index in [-0.39, 0.29) is 0 Å². The Morgan fingerprint density at radius 1 is 1.50 bits per heavy atom. The Morgan fingerprint density at radius 3 is 2.67 bits per heavy atom. The van der Waals surface area contributed by atoms with E-state index in [0.717, 1.165) is 17.0 Å². The van der Waals surface area contributed by atoms with Crippen molar-refractivity contribution in [3.05, 3.63) is 17.6 Å². The second-order valence-corrected chi connectivity index (χ2v) is 2.53. The number of aliphatic imine (C=N–C) groups is 1. The summed E-state index contributed by atoms with van der Waals surface area (Å²) in [7, 11) is 1.72. The molecule has 4 heteroatoms. The highest BCUT2D eigenvalue weighted by molar-refractivity contribution is 6.03. The third-order valence-electron chi connectivity index (χ3n) is 1.76. The van der Waals surface area contributed by atoms with Crippen LogP contribution in [0.3, 0.4) is 0 Å². The summed E-state index contributed by atoms with van der Waals surface area (Å²) in [6.07, 6.45) is 1.46. The van der Waals surface area contributed by atoms with Crippen molar-refractivity contribution in [1.29, 1.82) is 0 Å². The van der Waals surface area contributed by atoms with Crippen LogP contribution in [0, 0.1) is 6.92 Å². The summed E-state index contributed by atoms with van der Waals surface area (Å²) in [6.45, 7) is 3.78. The molecule has 1 aromatic heterocycles. The predicted octanol–water partition coefficient (Wildman–Crippen LogP) is 0.806. The Kier molecular flexibility index (Phi) is 2.38. The third-order valence-corrected chi connectivity index (χ3v) is 1.76. The molecule has 1 heterocycles. The molecule has 64 valence electrons. The first-order chi connectivity index (χ1) is 5.66. The average molecular weight is 164 g/mol. The molecule has 0 aliphatic rings. The molecule has 1 aromatic rings. The summed E-state index contributed by atoms with van der Waals surface area (Å²) in [5.74, 6) is 0.491. The van der Waals surface area contributed by atoms with Crippen LogP contribution in [0.25, 0.3) is 0 Å². The topological polar surface area (TPSA) is 64.2 Å². The molecule has 0 aliphatic carbocycles. The maximum absolute atomic E-state index is 5.67. The van der Waals surface area contributed by atoms with Gasteiger partial charge in [0.1, 0.15) is 12.1 Å². The van der Waals surface area contributed by atoms with E-state index in [1.165, 1.54) is 6.33 Å². The summed E-state index contributed by atoms with van der Waals surface area (Å²) in [6, 6.07) is 0. The average Bonchev–Trinajstić information content (AvgIpc) is 2.03. The van der Waals surface area contributed by atoms with Crippen molar-refractivity contribution < 1.29 is 0 Å². The Bertz CT molecular complexity index is 297. The van der Waals surface area contributed by atoms with Gasteiger partial charge in [-0.05, 0) is 13.8 Å². The van der Waals surface area contributed by atoms with Crippen LogP contribution in [-0.2, 0) is 0 Å². The van der Waals surface area contributed by atoms with E-state index in [0.29, 0.717) is 5.82 Å². The lowest BCUT2D eigenvalue weighted by Gasteiger charge is -2.05. The highest BCUT2D eigenvalue weighted by Gasteiger charge is 2.06. The SMILES string of the molecule is CN=C(C)c1c(C)ncnc1N. The van der Waals surface area contributed by atoms with Gasteiger partial charge in [0, 0.05) is 12.8 Å². The standard InChI is InChI=1S/C8H12N4/c1-5(10-3)7-6(2)11-4-12-8(7)9/h4H,1-3H3,(H2,9,11,12). The Hall–Kier alpha value is -1.45. The number of nitrogen functional groups attached to an aromatic ring is 1. The molecule has 0 bridgehead atoms. The largest absolute Gasteiger partial charge is 0.383 e. The molecular weight excluding hydrogens is 152 g/mol. The smallest absolute Gasteiger partial charge is 0.136 e. The second kappa shape index (κ2) is 3.30. The van der Waals surface area contributed by atoms with E-state index in [4.69, 9.17) is 5.73 Å². The molecule has 0 aromatic carbocycles. The molecule has 0 saturated carbocycles. The van der Waals surface area contributed by atoms with Crippen LogP contribution in [0.15, 0.2) is 11.3 Å². The van der Waals surface area contributed by atoms with Crippen LogP contribution >= 0.6 is 0 Å². The molecule has 0 amide bonds. The summed E-state index contributed by atoms with van der Waals surface area (Å²) in [5, 5.41) is 0. The highest BCUT2D eigenvalue weighted by atomic mass is 14.9. The van der Waals surface area contributed by atoms with Crippen molar-refractivity contribution in [2.45, 2.75) is 13.8 Å². The number of nitrogens with two attached hydrogens (primary N) is 1. The number of rotatable bonds is 1. The molecule has 0 saturated heterocycles. The van der Waals surface area contributed by atoms with Crippen LogP contribution in [0.4, 0.5) is 5.82 Å². The van der Waals surface area contributed by atoms with Crippen molar-refractivity contribution in [2.75, 3.05) is 12.8 Å². The first-order valence-corrected chi connectivity index (χ1v) is 3.67. The summed E-state index contributed by atoms with van der Waals surface area (Å²) < 4.78 is 0. The lowest BCUT2D eigenvalue weighted by atomic mass is 10.1. The molecule has 1 rings (SSSR count). The molecule has 0 aliphatic heterocycles. The summed E-state index contributed by atoms with van der Waals surface area (Å²) >= 11 is 0. The lowest BCUT2D eigenvalue weighted by molar-refractivity contribution is 1.10. The third kappa shape index (κ3) is 1.42. The maximum atomic E-state index is 5.67. The summed E-state index contributed by atoms with van der Waals surface area (Å²) in [5.41, 5.74) is 8.25. The van der Waals surface area contributed by atoms with Crippen LogP contribution in [0.5, 0.6) is 0 Å². The molecule has 0 atom stereocenters. The lowest BCUT2D eigenvalue weighted by Crippen LogP contribution is -2.07. The Morgan fingerprint density at radius 2 is 2.17 bits per heavy atom. The second-order valence-electron chi connectivity index (χ2n) is 2.53. The van der Waals surface area contributed by atoms with Gasteiger partial charge in [-0.2, -0.15) is 0 Å². The van der Waals surface area contributed by atoms with Gasteiger partial charge in [0.15, 0.2) is 0 Å². The van der Waals surface area contributed by atoms with E-state index in [1.807, 2.05) is 13.8 Å². The molecular formula is C8H12N4. The Labute approximate surface area is 71.6 Å². The first-order valence-electron chi connectivity index (χ1n) is 3.67. The van der Waals surface area contributed by atoms with Gasteiger partial charge in [0.25, 0.3) is 0 Å². The number of aromatic nitrogens is 2. The number of hydrogen-bond donors (Lipinski definition) is 1. The van der Waals surface area contributed by atoms with Gasteiger partial charge in [-0.3, -0.25) is 4.99 Å². The van der Waals surface area contributed by atoms with Gasteiger partial charge in [-0.1, -0.05) is 0 Å². The monoisotopic (exact) mass is 164 g/mol. The van der Waals surface area contributed by atoms with Gasteiger partial charge in [0.2, 0.25) is 0 Å². The predicted molar refractivity (Wildman–Crippen MR) is 49.3 cm³/mol. The zero-order chi connectivity index (χ0) is 9.14. The molecule has 0 spiro atoms. The van der Waals surface area contributed by atoms with Crippen LogP contribution in [0.1, 0.15) is 18.2 Å². The number of nitrogens with zero attached hydrogens (tertiary/aromatic N) is 3. The zero-order valence-electron chi connectivity index (χ0n) is 7.50. The fraction of sp³-hybridized carbons (Fsp3) is 0.375. The van der Waals surface area contributed by atoms with E-state index >= 15 is 0 Å². The minimum atomic E-state index is 0.491. The Balaban J connectivity index is 3.31. The van der Waals surface area contributed by atoms with Crippen molar-refractivity contribution in [3.8, 4) is 0 Å². The number of aryl methyl sites for hydroxylation is 1.